The maximum absolute atomic E-state index is 13.1. The maximum Gasteiger partial charge on any atom is 0.278 e. The molecule has 2 amide bonds. The molecule has 0 bridgehead atoms. The van der Waals surface area contributed by atoms with Gasteiger partial charge >= 0.3 is 0 Å². The maximum atomic E-state index is 13.1. The molecule has 2 atom stereocenters. The first-order chi connectivity index (χ1) is 13.3. The highest BCUT2D eigenvalue weighted by Crippen LogP contribution is 2.38. The first kappa shape index (κ1) is 18.4. The number of halogens is 2. The lowest BCUT2D eigenvalue weighted by Crippen LogP contribution is -2.33. The van der Waals surface area contributed by atoms with E-state index >= 15 is 0 Å². The van der Waals surface area contributed by atoms with E-state index < -0.39 is 28.8 Å². The molecule has 0 saturated carbocycles. The van der Waals surface area contributed by atoms with Gasteiger partial charge in [-0.25, -0.2) is 4.90 Å². The molecule has 0 aromatic heterocycles. The van der Waals surface area contributed by atoms with Crippen molar-refractivity contribution in [1.29, 1.82) is 0 Å². The number of aryl methyl sites for hydroxylation is 1. The third-order valence-corrected chi connectivity index (χ3v) is 5.20. The lowest BCUT2D eigenvalue weighted by atomic mass is 9.94. The second kappa shape index (κ2) is 6.57. The van der Waals surface area contributed by atoms with Crippen molar-refractivity contribution in [3.63, 3.8) is 0 Å². The van der Waals surface area contributed by atoms with Crippen molar-refractivity contribution in [2.45, 2.75) is 13.0 Å². The highest BCUT2D eigenvalue weighted by atomic mass is 35.5. The third kappa shape index (κ3) is 2.73. The SMILES string of the molecule is Cc1cc([N+](=O)[O-])ccc1N1C(=O)[C@@H]2C(c3ccc(Cl)cc3Cl)=NO[C@@H]2C1=O. The monoisotopic (exact) mass is 419 g/mol. The van der Waals surface area contributed by atoms with E-state index in [0.717, 1.165) is 4.90 Å². The van der Waals surface area contributed by atoms with Gasteiger partial charge in [-0.1, -0.05) is 34.4 Å². The fraction of sp³-hybridized carbons (Fsp3) is 0.167. The number of nitro benzene ring substituents is 1. The van der Waals surface area contributed by atoms with E-state index in [9.17, 15) is 19.7 Å². The topological polar surface area (TPSA) is 102 Å². The molecule has 0 spiro atoms. The number of carbonyl (C=O) groups is 2. The quantitative estimate of drug-likeness (QED) is 0.430. The van der Waals surface area contributed by atoms with E-state index in [-0.39, 0.29) is 22.1 Å². The number of carbonyl (C=O) groups excluding carboxylic acids is 2. The summed E-state index contributed by atoms with van der Waals surface area (Å²) in [5.74, 6) is -2.08. The Hall–Kier alpha value is -2.97. The normalized spacial score (nSPS) is 20.8. The third-order valence-electron chi connectivity index (χ3n) is 4.65. The van der Waals surface area contributed by atoms with Crippen LogP contribution >= 0.6 is 23.2 Å². The number of benzene rings is 2. The van der Waals surface area contributed by atoms with Crippen LogP contribution in [-0.4, -0.2) is 28.6 Å². The van der Waals surface area contributed by atoms with Crippen molar-refractivity contribution in [3.8, 4) is 0 Å². The predicted octanol–water partition coefficient (Wildman–Crippen LogP) is 3.50. The van der Waals surface area contributed by atoms with Gasteiger partial charge in [-0.15, -0.1) is 0 Å². The molecule has 2 aromatic carbocycles. The summed E-state index contributed by atoms with van der Waals surface area (Å²) in [4.78, 5) is 42.5. The molecule has 2 aliphatic heterocycles. The van der Waals surface area contributed by atoms with Crippen LogP contribution in [0.2, 0.25) is 10.0 Å². The summed E-state index contributed by atoms with van der Waals surface area (Å²) in [6, 6.07) is 8.62. The van der Waals surface area contributed by atoms with Gasteiger partial charge in [0.05, 0.1) is 15.6 Å². The van der Waals surface area contributed by atoms with Gasteiger partial charge in [-0.3, -0.25) is 19.7 Å². The number of non-ortho nitro benzene ring substituents is 1. The van der Waals surface area contributed by atoms with Gasteiger partial charge in [0, 0.05) is 22.7 Å². The van der Waals surface area contributed by atoms with Gasteiger partial charge in [-0.2, -0.15) is 0 Å². The molecule has 1 fully saturated rings. The van der Waals surface area contributed by atoms with Crippen LogP contribution in [0.15, 0.2) is 41.6 Å². The molecule has 0 unspecified atom stereocenters. The molecule has 0 N–H and O–H groups in total. The zero-order valence-electron chi connectivity index (χ0n) is 14.3. The van der Waals surface area contributed by atoms with E-state index in [2.05, 4.69) is 5.16 Å². The van der Waals surface area contributed by atoms with E-state index in [4.69, 9.17) is 28.0 Å². The minimum atomic E-state index is -1.11. The Morgan fingerprint density at radius 3 is 2.54 bits per heavy atom. The number of fused-ring (bicyclic) bond motifs is 1. The molecule has 0 radical (unpaired) electrons. The molecule has 4 rings (SSSR count). The number of anilines is 1. The zero-order valence-corrected chi connectivity index (χ0v) is 15.8. The van der Waals surface area contributed by atoms with Gasteiger partial charge in [0.25, 0.3) is 11.6 Å². The Labute approximate surface area is 168 Å². The van der Waals surface area contributed by atoms with Crippen molar-refractivity contribution >= 4 is 52.1 Å². The Bertz CT molecular complexity index is 1080. The number of amides is 2. The van der Waals surface area contributed by atoms with E-state index in [0.29, 0.717) is 16.1 Å². The Morgan fingerprint density at radius 1 is 1.14 bits per heavy atom. The summed E-state index contributed by atoms with van der Waals surface area (Å²) in [6.07, 6.45) is -1.11. The lowest BCUT2D eigenvalue weighted by molar-refractivity contribution is -0.384. The number of hydrogen-bond donors (Lipinski definition) is 0. The van der Waals surface area contributed by atoms with Crippen LogP contribution in [0.3, 0.4) is 0 Å². The van der Waals surface area contributed by atoms with Crippen molar-refractivity contribution < 1.29 is 19.3 Å². The molecular formula is C18H11Cl2N3O5. The van der Waals surface area contributed by atoms with Crippen LogP contribution in [0, 0.1) is 23.0 Å². The van der Waals surface area contributed by atoms with Crippen LogP contribution in [0.25, 0.3) is 0 Å². The first-order valence-electron chi connectivity index (χ1n) is 8.11. The van der Waals surface area contributed by atoms with Gasteiger partial charge in [0.15, 0.2) is 0 Å². The van der Waals surface area contributed by atoms with Crippen LogP contribution in [0.5, 0.6) is 0 Å². The average Bonchev–Trinajstić information content (AvgIpc) is 3.16. The smallest absolute Gasteiger partial charge is 0.278 e. The minimum Gasteiger partial charge on any atom is -0.381 e. The van der Waals surface area contributed by atoms with Gasteiger partial charge in [0.2, 0.25) is 12.0 Å². The van der Waals surface area contributed by atoms with Crippen molar-refractivity contribution in [2.75, 3.05) is 4.90 Å². The lowest BCUT2D eigenvalue weighted by Gasteiger charge is -2.17. The summed E-state index contributed by atoms with van der Waals surface area (Å²) in [6.45, 7) is 1.59. The van der Waals surface area contributed by atoms with E-state index in [1.165, 1.54) is 24.3 Å². The molecule has 8 nitrogen and oxygen atoms in total. The predicted molar refractivity (Wildman–Crippen MR) is 102 cm³/mol. The number of oxime groups is 1. The number of imide groups is 1. The van der Waals surface area contributed by atoms with Gasteiger partial charge in [-0.05, 0) is 30.7 Å². The fourth-order valence-corrected chi connectivity index (χ4v) is 3.84. The van der Waals surface area contributed by atoms with E-state index in [1.807, 2.05) is 0 Å². The van der Waals surface area contributed by atoms with Crippen LogP contribution < -0.4 is 4.90 Å². The highest BCUT2D eigenvalue weighted by Gasteiger charge is 2.56. The molecular weight excluding hydrogens is 409 g/mol. The molecule has 2 aromatic rings. The van der Waals surface area contributed by atoms with Crippen LogP contribution in [-0.2, 0) is 14.4 Å². The number of rotatable bonds is 3. The first-order valence-corrected chi connectivity index (χ1v) is 8.87. The molecule has 2 aliphatic rings. The molecule has 28 heavy (non-hydrogen) atoms. The summed E-state index contributed by atoms with van der Waals surface area (Å²) >= 11 is 12.1. The molecule has 1 saturated heterocycles. The second-order valence-electron chi connectivity index (χ2n) is 6.34. The molecule has 2 heterocycles. The number of hydrogen-bond acceptors (Lipinski definition) is 6. The standard InChI is InChI=1S/C18H11Cl2N3O5/c1-8-6-10(23(26)27)3-5-13(8)22-17(24)14-15(21-28-16(14)18(22)25)11-4-2-9(19)7-12(11)20/h2-7,14,16H,1H3/t14-,16+/m1/s1. The summed E-state index contributed by atoms with van der Waals surface area (Å²) < 4.78 is 0. The summed E-state index contributed by atoms with van der Waals surface area (Å²) in [5.41, 5.74) is 1.24. The van der Waals surface area contributed by atoms with Crippen molar-refractivity contribution in [1.82, 2.24) is 0 Å². The summed E-state index contributed by atoms with van der Waals surface area (Å²) in [5, 5.41) is 15.5. The van der Waals surface area contributed by atoms with Gasteiger partial charge in [0.1, 0.15) is 11.6 Å². The zero-order chi connectivity index (χ0) is 20.2. The van der Waals surface area contributed by atoms with E-state index in [1.54, 1.807) is 19.1 Å². The average molecular weight is 420 g/mol. The Kier molecular flexibility index (Phi) is 4.32. The van der Waals surface area contributed by atoms with Crippen molar-refractivity contribution in [3.05, 3.63) is 67.7 Å². The molecule has 10 heteroatoms. The Balaban J connectivity index is 1.72. The summed E-state index contributed by atoms with van der Waals surface area (Å²) in [7, 11) is 0. The Morgan fingerprint density at radius 2 is 1.89 bits per heavy atom. The fourth-order valence-electron chi connectivity index (χ4n) is 3.34. The molecule has 142 valence electrons. The van der Waals surface area contributed by atoms with Gasteiger partial charge < -0.3 is 4.84 Å². The molecule has 0 aliphatic carbocycles. The van der Waals surface area contributed by atoms with Crippen LogP contribution in [0.1, 0.15) is 11.1 Å². The second-order valence-corrected chi connectivity index (χ2v) is 7.19. The largest absolute Gasteiger partial charge is 0.381 e. The minimum absolute atomic E-state index is 0.132. The van der Waals surface area contributed by atoms with Crippen LogP contribution in [0.4, 0.5) is 11.4 Å². The highest BCUT2D eigenvalue weighted by molar-refractivity contribution is 6.39. The van der Waals surface area contributed by atoms with Crippen molar-refractivity contribution in [2.24, 2.45) is 11.1 Å². The number of nitrogens with zero attached hydrogens (tertiary/aromatic N) is 3. The number of nitro groups is 1.